The summed E-state index contributed by atoms with van der Waals surface area (Å²) in [6, 6.07) is 4.28. The third kappa shape index (κ3) is 3.99. The summed E-state index contributed by atoms with van der Waals surface area (Å²) in [6.45, 7) is 6.61. The van der Waals surface area contributed by atoms with Gasteiger partial charge in [0.25, 0.3) is 0 Å². The molecule has 0 radical (unpaired) electrons. The lowest BCUT2D eigenvalue weighted by molar-refractivity contribution is 0.117. The van der Waals surface area contributed by atoms with Crippen molar-refractivity contribution < 1.29 is 0 Å². The molecule has 1 N–H and O–H groups in total. The standard InChI is InChI=1S/C18H33N3/c1-5-15-6-8-16(9-7-15)21(4)17-10-11-18(12-17,13-19)20-14(2)3/h14-17,20H,5-12H2,1-4H3. The van der Waals surface area contributed by atoms with E-state index >= 15 is 0 Å². The number of nitrogens with zero attached hydrogens (tertiary/aromatic N) is 2. The molecule has 2 fully saturated rings. The van der Waals surface area contributed by atoms with Crippen LogP contribution in [0.25, 0.3) is 0 Å². The third-order valence-corrected chi connectivity index (χ3v) is 5.81. The predicted octanol–water partition coefficient (Wildman–Crippen LogP) is 3.70. The van der Waals surface area contributed by atoms with Gasteiger partial charge < -0.3 is 4.90 Å². The molecule has 2 rings (SSSR count). The zero-order valence-electron chi connectivity index (χ0n) is 14.4. The summed E-state index contributed by atoms with van der Waals surface area (Å²) in [5.74, 6) is 0.957. The lowest BCUT2D eigenvalue weighted by Crippen LogP contribution is -2.48. The molecule has 0 amide bonds. The van der Waals surface area contributed by atoms with Gasteiger partial charge in [0.2, 0.25) is 0 Å². The number of hydrogen-bond donors (Lipinski definition) is 1. The summed E-state index contributed by atoms with van der Waals surface area (Å²) >= 11 is 0. The Balaban J connectivity index is 1.90. The minimum absolute atomic E-state index is 0.284. The highest BCUT2D eigenvalue weighted by Crippen LogP contribution is 2.36. The molecule has 0 spiro atoms. The van der Waals surface area contributed by atoms with Gasteiger partial charge in [0.15, 0.2) is 0 Å². The summed E-state index contributed by atoms with van der Waals surface area (Å²) in [7, 11) is 2.30. The number of hydrogen-bond acceptors (Lipinski definition) is 3. The van der Waals surface area contributed by atoms with E-state index in [4.69, 9.17) is 0 Å². The second kappa shape index (κ2) is 7.11. The first-order valence-electron chi connectivity index (χ1n) is 8.90. The lowest BCUT2D eigenvalue weighted by atomic mass is 9.83. The number of nitriles is 1. The first kappa shape index (κ1) is 16.8. The summed E-state index contributed by atoms with van der Waals surface area (Å²) in [5.41, 5.74) is -0.284. The van der Waals surface area contributed by atoms with Crippen LogP contribution in [0.5, 0.6) is 0 Å². The Hall–Kier alpha value is -0.590. The topological polar surface area (TPSA) is 39.1 Å². The quantitative estimate of drug-likeness (QED) is 0.839. The molecule has 120 valence electrons. The van der Waals surface area contributed by atoms with Gasteiger partial charge in [-0.05, 0) is 71.8 Å². The summed E-state index contributed by atoms with van der Waals surface area (Å²) in [5, 5.41) is 13.1. The second-order valence-electron chi connectivity index (χ2n) is 7.64. The number of nitrogens with one attached hydrogen (secondary N) is 1. The van der Waals surface area contributed by atoms with Gasteiger partial charge in [0.1, 0.15) is 5.54 Å². The molecule has 0 aromatic carbocycles. The maximum Gasteiger partial charge on any atom is 0.108 e. The Kier molecular flexibility index (Phi) is 5.68. The lowest BCUT2D eigenvalue weighted by Gasteiger charge is -2.38. The van der Waals surface area contributed by atoms with E-state index in [1.807, 2.05) is 0 Å². The molecule has 0 saturated heterocycles. The highest BCUT2D eigenvalue weighted by atomic mass is 15.2. The van der Waals surface area contributed by atoms with Gasteiger partial charge in [-0.15, -0.1) is 0 Å². The van der Waals surface area contributed by atoms with E-state index in [9.17, 15) is 5.26 Å². The zero-order valence-corrected chi connectivity index (χ0v) is 14.4. The number of rotatable bonds is 5. The van der Waals surface area contributed by atoms with Crippen molar-refractivity contribution in [3.63, 3.8) is 0 Å². The molecule has 2 unspecified atom stereocenters. The molecule has 21 heavy (non-hydrogen) atoms. The Morgan fingerprint density at radius 2 is 1.86 bits per heavy atom. The maximum absolute atomic E-state index is 9.61. The van der Waals surface area contributed by atoms with Crippen molar-refractivity contribution in [2.24, 2.45) is 5.92 Å². The van der Waals surface area contributed by atoms with Gasteiger partial charge in [0.05, 0.1) is 6.07 Å². The van der Waals surface area contributed by atoms with Crippen LogP contribution in [0, 0.1) is 17.2 Å². The van der Waals surface area contributed by atoms with Crippen molar-refractivity contribution in [2.75, 3.05) is 7.05 Å². The average molecular weight is 291 g/mol. The van der Waals surface area contributed by atoms with Gasteiger partial charge in [-0.2, -0.15) is 5.26 Å². The molecule has 0 aliphatic heterocycles. The minimum Gasteiger partial charge on any atom is -0.300 e. The van der Waals surface area contributed by atoms with E-state index in [1.165, 1.54) is 32.1 Å². The molecule has 2 aliphatic carbocycles. The van der Waals surface area contributed by atoms with E-state index in [-0.39, 0.29) is 5.54 Å². The van der Waals surface area contributed by atoms with Crippen LogP contribution in [-0.2, 0) is 0 Å². The molecule has 2 aliphatic rings. The van der Waals surface area contributed by atoms with E-state index in [0.29, 0.717) is 12.1 Å². The monoisotopic (exact) mass is 291 g/mol. The van der Waals surface area contributed by atoms with E-state index in [1.54, 1.807) is 0 Å². The maximum atomic E-state index is 9.61. The first-order valence-corrected chi connectivity index (χ1v) is 8.90. The fourth-order valence-electron chi connectivity index (χ4n) is 4.44. The third-order valence-electron chi connectivity index (χ3n) is 5.81. The Morgan fingerprint density at radius 1 is 1.19 bits per heavy atom. The molecular weight excluding hydrogens is 258 g/mol. The van der Waals surface area contributed by atoms with Crippen molar-refractivity contribution in [3.8, 4) is 6.07 Å². The van der Waals surface area contributed by atoms with Crippen LogP contribution in [0.15, 0.2) is 0 Å². The molecule has 0 aromatic rings. The largest absolute Gasteiger partial charge is 0.300 e. The molecule has 0 bridgehead atoms. The second-order valence-corrected chi connectivity index (χ2v) is 7.64. The Morgan fingerprint density at radius 3 is 2.38 bits per heavy atom. The van der Waals surface area contributed by atoms with Gasteiger partial charge in [0, 0.05) is 18.1 Å². The van der Waals surface area contributed by atoms with Crippen molar-refractivity contribution in [1.82, 2.24) is 10.2 Å². The van der Waals surface area contributed by atoms with Crippen molar-refractivity contribution in [2.45, 2.75) is 95.8 Å². The van der Waals surface area contributed by atoms with Crippen molar-refractivity contribution in [1.29, 1.82) is 5.26 Å². The molecule has 2 atom stereocenters. The fourth-order valence-corrected chi connectivity index (χ4v) is 4.44. The molecule has 3 heteroatoms. The summed E-state index contributed by atoms with van der Waals surface area (Å²) < 4.78 is 0. The van der Waals surface area contributed by atoms with Crippen LogP contribution in [-0.4, -0.2) is 35.6 Å². The zero-order chi connectivity index (χ0) is 15.5. The van der Waals surface area contributed by atoms with Crippen LogP contribution in [0.2, 0.25) is 0 Å². The Labute approximate surface area is 131 Å². The molecular formula is C18H33N3. The van der Waals surface area contributed by atoms with Crippen LogP contribution >= 0.6 is 0 Å². The first-order chi connectivity index (χ1) is 9.99. The van der Waals surface area contributed by atoms with Crippen LogP contribution < -0.4 is 5.32 Å². The van der Waals surface area contributed by atoms with Gasteiger partial charge >= 0.3 is 0 Å². The minimum atomic E-state index is -0.284. The van der Waals surface area contributed by atoms with Crippen LogP contribution in [0.3, 0.4) is 0 Å². The van der Waals surface area contributed by atoms with Crippen molar-refractivity contribution >= 4 is 0 Å². The van der Waals surface area contributed by atoms with Crippen LogP contribution in [0.4, 0.5) is 0 Å². The highest BCUT2D eigenvalue weighted by Gasteiger charge is 2.42. The SMILES string of the molecule is CCC1CCC(N(C)C2CCC(C#N)(NC(C)C)C2)CC1. The van der Waals surface area contributed by atoms with Gasteiger partial charge in [-0.1, -0.05) is 13.3 Å². The molecule has 0 heterocycles. The molecule has 3 nitrogen and oxygen atoms in total. The van der Waals surface area contributed by atoms with Crippen LogP contribution in [0.1, 0.15) is 72.1 Å². The van der Waals surface area contributed by atoms with E-state index < -0.39 is 0 Å². The van der Waals surface area contributed by atoms with Gasteiger partial charge in [-0.25, -0.2) is 0 Å². The van der Waals surface area contributed by atoms with E-state index in [0.717, 1.165) is 31.2 Å². The fraction of sp³-hybridized carbons (Fsp3) is 0.944. The van der Waals surface area contributed by atoms with E-state index in [2.05, 4.69) is 44.1 Å². The summed E-state index contributed by atoms with van der Waals surface area (Å²) in [4.78, 5) is 2.60. The molecule has 2 saturated carbocycles. The molecule has 0 aromatic heterocycles. The predicted molar refractivity (Wildman–Crippen MR) is 88.1 cm³/mol. The smallest absolute Gasteiger partial charge is 0.108 e. The normalized spacial score (nSPS) is 37.1. The van der Waals surface area contributed by atoms with Gasteiger partial charge in [-0.3, -0.25) is 5.32 Å². The summed E-state index contributed by atoms with van der Waals surface area (Å²) in [6.07, 6.45) is 9.99. The Bertz CT molecular complexity index is 365. The average Bonchev–Trinajstić information content (AvgIpc) is 2.90. The highest BCUT2D eigenvalue weighted by molar-refractivity contribution is 5.14. The van der Waals surface area contributed by atoms with Crippen molar-refractivity contribution in [3.05, 3.63) is 0 Å².